The summed E-state index contributed by atoms with van der Waals surface area (Å²) in [6.45, 7) is -0.401. The van der Waals surface area contributed by atoms with E-state index in [0.29, 0.717) is 14.7 Å². The lowest BCUT2D eigenvalue weighted by Crippen LogP contribution is -2.33. The number of ether oxygens (including phenoxy) is 1. The Hall–Kier alpha value is -1.08. The van der Waals surface area contributed by atoms with E-state index < -0.39 is 31.1 Å². The van der Waals surface area contributed by atoms with Crippen LogP contribution in [0, 0.1) is 3.70 Å². The predicted molar refractivity (Wildman–Crippen MR) is 75.5 cm³/mol. The Balaban J connectivity index is 2.10. The zero-order chi connectivity index (χ0) is 14.4. The molecule has 1 fully saturated rings. The Kier molecular flexibility index (Phi) is 3.50. The second kappa shape index (κ2) is 5.04. The van der Waals surface area contributed by atoms with E-state index in [0.717, 1.165) is 0 Å². The van der Waals surface area contributed by atoms with Crippen LogP contribution in [0.4, 0.5) is 5.82 Å². The van der Waals surface area contributed by atoms with Crippen LogP contribution in [0.2, 0.25) is 0 Å². The number of nitrogen functional groups attached to an aromatic ring is 1. The average Bonchev–Trinajstić information content (AvgIpc) is 2.90. The van der Waals surface area contributed by atoms with Gasteiger partial charge >= 0.3 is 0 Å². The Labute approximate surface area is 126 Å². The zero-order valence-corrected chi connectivity index (χ0v) is 12.2. The molecular formula is C10H12IN5O4. The van der Waals surface area contributed by atoms with Crippen LogP contribution in [0.1, 0.15) is 6.23 Å². The summed E-state index contributed by atoms with van der Waals surface area (Å²) in [6.07, 6.45) is -2.94. The highest BCUT2D eigenvalue weighted by Gasteiger charge is 2.44. The van der Waals surface area contributed by atoms with E-state index in [1.165, 1.54) is 11.0 Å². The highest BCUT2D eigenvalue weighted by molar-refractivity contribution is 14.1. The third-order valence-corrected chi connectivity index (χ3v) is 3.99. The van der Waals surface area contributed by atoms with Crippen molar-refractivity contribution in [2.45, 2.75) is 24.5 Å². The van der Waals surface area contributed by atoms with Crippen molar-refractivity contribution in [2.75, 3.05) is 12.3 Å². The van der Waals surface area contributed by atoms with E-state index in [2.05, 4.69) is 15.1 Å². The molecule has 0 bridgehead atoms. The standard InChI is InChI=1S/C10H12IN5O4/c11-7-4-8(12)13-2-14-9(4)16(15-7)10-6(19)5(18)3(1-17)20-10/h2-3,5-6,10,17-19H,1H2,(H2,12,13,14)/t3-,5-,6-,10-/m1/s1. The van der Waals surface area contributed by atoms with Crippen LogP contribution < -0.4 is 5.73 Å². The lowest BCUT2D eigenvalue weighted by Gasteiger charge is -2.15. The summed E-state index contributed by atoms with van der Waals surface area (Å²) in [6, 6.07) is 0. The number of aromatic nitrogens is 4. The number of fused-ring (bicyclic) bond motifs is 1. The molecule has 9 nitrogen and oxygen atoms in total. The maximum atomic E-state index is 10.0. The molecule has 5 N–H and O–H groups in total. The average molecular weight is 393 g/mol. The van der Waals surface area contributed by atoms with Gasteiger partial charge in [0.25, 0.3) is 0 Å². The normalized spacial score (nSPS) is 30.2. The predicted octanol–water partition coefficient (Wildman–Crippen LogP) is -1.38. The molecule has 1 aliphatic rings. The van der Waals surface area contributed by atoms with Gasteiger partial charge in [0.2, 0.25) is 0 Å². The van der Waals surface area contributed by atoms with Crippen molar-refractivity contribution in [1.82, 2.24) is 19.7 Å². The Morgan fingerprint density at radius 2 is 2.10 bits per heavy atom. The number of hydrogen-bond donors (Lipinski definition) is 4. The molecule has 0 aliphatic carbocycles. The van der Waals surface area contributed by atoms with Gasteiger partial charge in [0.05, 0.1) is 12.0 Å². The Morgan fingerprint density at radius 1 is 1.35 bits per heavy atom. The molecule has 4 atom stereocenters. The molecule has 3 rings (SSSR count). The third-order valence-electron chi connectivity index (χ3n) is 3.23. The summed E-state index contributed by atoms with van der Waals surface area (Å²) in [5.74, 6) is 0.275. The van der Waals surface area contributed by atoms with Crippen LogP contribution in [-0.2, 0) is 4.74 Å². The van der Waals surface area contributed by atoms with Crippen molar-refractivity contribution in [3.05, 3.63) is 10.0 Å². The minimum absolute atomic E-state index is 0.275. The molecule has 0 spiro atoms. The minimum atomic E-state index is -1.22. The molecule has 108 valence electrons. The van der Waals surface area contributed by atoms with Crippen molar-refractivity contribution in [3.63, 3.8) is 0 Å². The van der Waals surface area contributed by atoms with Gasteiger partial charge in [-0.2, -0.15) is 5.10 Å². The van der Waals surface area contributed by atoms with E-state index in [1.807, 2.05) is 22.6 Å². The van der Waals surface area contributed by atoms with Crippen molar-refractivity contribution < 1.29 is 20.1 Å². The maximum Gasteiger partial charge on any atom is 0.181 e. The van der Waals surface area contributed by atoms with Crippen molar-refractivity contribution in [1.29, 1.82) is 0 Å². The number of aliphatic hydroxyl groups excluding tert-OH is 3. The molecule has 1 saturated heterocycles. The summed E-state index contributed by atoms with van der Waals surface area (Å²) in [4.78, 5) is 7.98. The van der Waals surface area contributed by atoms with Gasteiger partial charge in [0.1, 0.15) is 34.2 Å². The maximum absolute atomic E-state index is 10.0. The van der Waals surface area contributed by atoms with E-state index in [4.69, 9.17) is 15.6 Å². The van der Waals surface area contributed by atoms with Crippen LogP contribution in [0.25, 0.3) is 11.0 Å². The molecule has 2 aromatic heterocycles. The van der Waals surface area contributed by atoms with Crippen LogP contribution >= 0.6 is 22.6 Å². The molecular weight excluding hydrogens is 381 g/mol. The van der Waals surface area contributed by atoms with Gasteiger partial charge in [-0.1, -0.05) is 0 Å². The number of hydrogen-bond acceptors (Lipinski definition) is 8. The highest BCUT2D eigenvalue weighted by Crippen LogP contribution is 2.33. The number of nitrogens with two attached hydrogens (primary N) is 1. The third kappa shape index (κ3) is 1.95. The largest absolute Gasteiger partial charge is 0.394 e. The van der Waals surface area contributed by atoms with E-state index in [9.17, 15) is 10.2 Å². The lowest BCUT2D eigenvalue weighted by atomic mass is 10.1. The first-order valence-corrected chi connectivity index (χ1v) is 6.89. The van der Waals surface area contributed by atoms with Gasteiger partial charge in [-0.05, 0) is 22.6 Å². The van der Waals surface area contributed by atoms with E-state index in [-0.39, 0.29) is 5.82 Å². The second-order valence-corrected chi connectivity index (χ2v) is 5.44. The van der Waals surface area contributed by atoms with Gasteiger partial charge in [-0.25, -0.2) is 14.6 Å². The summed E-state index contributed by atoms with van der Waals surface area (Å²) in [5.41, 5.74) is 6.18. The first kappa shape index (κ1) is 13.9. The highest BCUT2D eigenvalue weighted by atomic mass is 127. The first-order valence-electron chi connectivity index (χ1n) is 5.81. The molecule has 2 aromatic rings. The van der Waals surface area contributed by atoms with Crippen molar-refractivity contribution in [3.8, 4) is 0 Å². The van der Waals surface area contributed by atoms with Gasteiger partial charge in [0, 0.05) is 0 Å². The molecule has 0 amide bonds. The topological polar surface area (TPSA) is 140 Å². The quantitative estimate of drug-likeness (QED) is 0.458. The second-order valence-electron chi connectivity index (χ2n) is 4.42. The molecule has 1 aliphatic heterocycles. The fraction of sp³-hybridized carbons (Fsp3) is 0.500. The summed E-state index contributed by atoms with van der Waals surface area (Å²) >= 11 is 1.98. The van der Waals surface area contributed by atoms with E-state index >= 15 is 0 Å². The summed E-state index contributed by atoms with van der Waals surface area (Å²) in [5, 5.41) is 33.7. The first-order chi connectivity index (χ1) is 9.54. The van der Waals surface area contributed by atoms with Gasteiger partial charge < -0.3 is 25.8 Å². The Morgan fingerprint density at radius 3 is 2.75 bits per heavy atom. The van der Waals surface area contributed by atoms with Crippen LogP contribution in [0.15, 0.2) is 6.33 Å². The number of rotatable bonds is 2. The van der Waals surface area contributed by atoms with Crippen molar-refractivity contribution >= 4 is 39.4 Å². The number of halogens is 1. The molecule has 0 saturated carbocycles. The van der Waals surface area contributed by atoms with Crippen molar-refractivity contribution in [2.24, 2.45) is 0 Å². The monoisotopic (exact) mass is 393 g/mol. The van der Waals surface area contributed by atoms with Gasteiger partial charge in [-0.3, -0.25) is 0 Å². The van der Waals surface area contributed by atoms with Gasteiger partial charge in [-0.15, -0.1) is 0 Å². The molecule has 10 heteroatoms. The summed E-state index contributed by atoms with van der Waals surface area (Å²) < 4.78 is 7.34. The van der Waals surface area contributed by atoms with Crippen LogP contribution in [-0.4, -0.2) is 60.0 Å². The SMILES string of the molecule is Nc1ncnc2c1c(I)nn2[C@@H]1O[C@H](CO)[C@@H](O)[C@H]1O. The Bertz CT molecular complexity index is 650. The van der Waals surface area contributed by atoms with E-state index in [1.54, 1.807) is 0 Å². The molecule has 20 heavy (non-hydrogen) atoms. The molecule has 0 radical (unpaired) electrons. The lowest BCUT2D eigenvalue weighted by molar-refractivity contribution is -0.0568. The number of aliphatic hydroxyl groups is 3. The minimum Gasteiger partial charge on any atom is -0.394 e. The molecule has 0 unspecified atom stereocenters. The number of nitrogens with zero attached hydrogens (tertiary/aromatic N) is 4. The fourth-order valence-corrected chi connectivity index (χ4v) is 2.96. The molecule has 3 heterocycles. The van der Waals surface area contributed by atoms with Crippen LogP contribution in [0.3, 0.4) is 0 Å². The summed E-state index contributed by atoms with van der Waals surface area (Å²) in [7, 11) is 0. The number of anilines is 1. The fourth-order valence-electron chi connectivity index (χ4n) is 2.21. The van der Waals surface area contributed by atoms with Gasteiger partial charge in [0.15, 0.2) is 11.9 Å². The van der Waals surface area contributed by atoms with Crippen LogP contribution in [0.5, 0.6) is 0 Å². The molecule has 0 aromatic carbocycles. The zero-order valence-electron chi connectivity index (χ0n) is 10.1. The smallest absolute Gasteiger partial charge is 0.181 e.